The molecule has 7 heteroatoms. The number of nitrogens with one attached hydrogen (secondary N) is 2. The van der Waals surface area contributed by atoms with Crippen molar-refractivity contribution in [3.05, 3.63) is 131 Å². The maximum absolute atomic E-state index is 14.1. The Bertz CT molecular complexity index is 1350. The number of halogens is 2. The predicted molar refractivity (Wildman–Crippen MR) is 133 cm³/mol. The molecule has 4 rings (SSSR count). The van der Waals surface area contributed by atoms with E-state index < -0.39 is 23.6 Å². The molecule has 2 amide bonds. The Hall–Kier alpha value is -4.52. The van der Waals surface area contributed by atoms with Crippen LogP contribution in [0.15, 0.2) is 97.1 Å². The van der Waals surface area contributed by atoms with Crippen LogP contribution in [0.3, 0.4) is 0 Å². The summed E-state index contributed by atoms with van der Waals surface area (Å²) in [5, 5.41) is 5.40. The van der Waals surface area contributed by atoms with Gasteiger partial charge in [-0.2, -0.15) is 0 Å². The van der Waals surface area contributed by atoms with Crippen LogP contribution in [-0.4, -0.2) is 12.0 Å². The fraction of sp³-hybridized carbons (Fsp3) is 0.103. The van der Waals surface area contributed by atoms with Crippen LogP contribution < -0.4 is 10.6 Å². The van der Waals surface area contributed by atoms with Crippen molar-refractivity contribution in [2.24, 2.45) is 0 Å². The molecule has 0 heterocycles. The van der Waals surface area contributed by atoms with Gasteiger partial charge in [0.25, 0.3) is 5.91 Å². The molecule has 0 aromatic heterocycles. The zero-order chi connectivity index (χ0) is 25.3. The zero-order valence-electron chi connectivity index (χ0n) is 19.3. The zero-order valence-corrected chi connectivity index (χ0v) is 19.3. The fourth-order valence-corrected chi connectivity index (χ4v) is 3.74. The van der Waals surface area contributed by atoms with E-state index in [4.69, 9.17) is 4.74 Å². The van der Waals surface area contributed by atoms with Crippen LogP contribution >= 0.6 is 0 Å². The van der Waals surface area contributed by atoms with E-state index in [1.165, 1.54) is 6.07 Å². The van der Waals surface area contributed by atoms with E-state index in [-0.39, 0.29) is 25.3 Å². The molecule has 0 spiro atoms. The second kappa shape index (κ2) is 11.8. The highest BCUT2D eigenvalue weighted by Gasteiger charge is 2.19. The lowest BCUT2D eigenvalue weighted by Gasteiger charge is -2.16. The van der Waals surface area contributed by atoms with Crippen molar-refractivity contribution in [2.75, 3.05) is 0 Å². The van der Waals surface area contributed by atoms with Gasteiger partial charge in [0.05, 0.1) is 5.56 Å². The normalized spacial score (nSPS) is 10.5. The molecule has 0 atom stereocenters. The van der Waals surface area contributed by atoms with Crippen molar-refractivity contribution in [1.29, 1.82) is 0 Å². The summed E-state index contributed by atoms with van der Waals surface area (Å²) in [5.74, 6) is -1.88. The van der Waals surface area contributed by atoms with Crippen LogP contribution in [-0.2, 0) is 24.4 Å². The highest BCUT2D eigenvalue weighted by molar-refractivity contribution is 6.02. The molecule has 0 saturated heterocycles. The quantitative estimate of drug-likeness (QED) is 0.322. The number of carbonyl (C=O) groups excluding carboxylic acids is 2. The van der Waals surface area contributed by atoms with Gasteiger partial charge in [0, 0.05) is 24.7 Å². The molecule has 4 aromatic carbocycles. The molecular formula is C29H24F2N2O3. The maximum Gasteiger partial charge on any atom is 0.407 e. The molecule has 0 radical (unpaired) electrons. The van der Waals surface area contributed by atoms with Crippen molar-refractivity contribution < 1.29 is 23.1 Å². The van der Waals surface area contributed by atoms with E-state index in [0.717, 1.165) is 23.3 Å². The number of carbonyl (C=O) groups is 2. The lowest BCUT2D eigenvalue weighted by molar-refractivity contribution is 0.0949. The molecule has 0 bridgehead atoms. The molecule has 0 aliphatic rings. The summed E-state index contributed by atoms with van der Waals surface area (Å²) in [5.41, 5.74) is 3.38. The molecule has 2 N–H and O–H groups in total. The number of amides is 2. The first-order valence-corrected chi connectivity index (χ1v) is 11.4. The molecule has 5 nitrogen and oxygen atoms in total. The van der Waals surface area contributed by atoms with Gasteiger partial charge >= 0.3 is 6.09 Å². The number of hydrogen-bond donors (Lipinski definition) is 2. The molecule has 0 aliphatic heterocycles. The lowest BCUT2D eigenvalue weighted by Crippen LogP contribution is -2.28. The standard InChI is InChI=1S/C29H24F2N2O3/c30-24-15-14-22(26(31)16-24)17-32-28(34)27-23(12-7-13-25(27)21-10-5-2-6-11-21)18-33-29(35)36-19-20-8-3-1-4-9-20/h1-16H,17-19H2,(H,32,34)(H,33,35). The number of ether oxygens (including phenoxy) is 1. The highest BCUT2D eigenvalue weighted by atomic mass is 19.1. The summed E-state index contributed by atoms with van der Waals surface area (Å²) < 4.78 is 32.6. The van der Waals surface area contributed by atoms with Crippen LogP contribution in [0.4, 0.5) is 13.6 Å². The second-order valence-electron chi connectivity index (χ2n) is 8.04. The minimum Gasteiger partial charge on any atom is -0.445 e. The van der Waals surface area contributed by atoms with Crippen molar-refractivity contribution in [3.8, 4) is 11.1 Å². The number of hydrogen-bond acceptors (Lipinski definition) is 3. The molecule has 182 valence electrons. The summed E-state index contributed by atoms with van der Waals surface area (Å²) in [6, 6.07) is 27.2. The van der Waals surface area contributed by atoms with Crippen LogP contribution in [0.1, 0.15) is 27.0 Å². The monoisotopic (exact) mass is 486 g/mol. The van der Waals surface area contributed by atoms with E-state index in [1.54, 1.807) is 18.2 Å². The third kappa shape index (κ3) is 6.33. The Balaban J connectivity index is 1.53. The van der Waals surface area contributed by atoms with E-state index >= 15 is 0 Å². The summed E-state index contributed by atoms with van der Waals surface area (Å²) in [4.78, 5) is 25.6. The highest BCUT2D eigenvalue weighted by Crippen LogP contribution is 2.27. The van der Waals surface area contributed by atoms with E-state index in [2.05, 4.69) is 10.6 Å². The Morgan fingerprint density at radius 2 is 1.42 bits per heavy atom. The molecule has 0 saturated carbocycles. The van der Waals surface area contributed by atoms with Gasteiger partial charge in [0.1, 0.15) is 18.2 Å². The van der Waals surface area contributed by atoms with Gasteiger partial charge < -0.3 is 15.4 Å². The van der Waals surface area contributed by atoms with Crippen molar-refractivity contribution in [3.63, 3.8) is 0 Å². The van der Waals surface area contributed by atoms with Crippen LogP contribution in [0.2, 0.25) is 0 Å². The Labute approximate surface area is 207 Å². The van der Waals surface area contributed by atoms with E-state index in [0.29, 0.717) is 16.7 Å². The molecule has 36 heavy (non-hydrogen) atoms. The Morgan fingerprint density at radius 1 is 0.722 bits per heavy atom. The topological polar surface area (TPSA) is 67.4 Å². The van der Waals surface area contributed by atoms with Crippen molar-refractivity contribution in [2.45, 2.75) is 19.7 Å². The minimum atomic E-state index is -0.741. The molecule has 0 aliphatic carbocycles. The molecular weight excluding hydrogens is 462 g/mol. The van der Waals surface area contributed by atoms with E-state index in [9.17, 15) is 18.4 Å². The smallest absolute Gasteiger partial charge is 0.407 e. The van der Waals surface area contributed by atoms with Crippen LogP contribution in [0.5, 0.6) is 0 Å². The second-order valence-corrected chi connectivity index (χ2v) is 8.04. The van der Waals surface area contributed by atoms with Gasteiger partial charge in [-0.05, 0) is 28.3 Å². The average Bonchev–Trinajstić information content (AvgIpc) is 2.91. The van der Waals surface area contributed by atoms with Gasteiger partial charge in [0.15, 0.2) is 0 Å². The first-order chi connectivity index (χ1) is 17.5. The average molecular weight is 487 g/mol. The number of benzene rings is 4. The Kier molecular flexibility index (Phi) is 8.03. The van der Waals surface area contributed by atoms with Gasteiger partial charge in [0.2, 0.25) is 0 Å². The third-order valence-corrected chi connectivity index (χ3v) is 5.55. The van der Waals surface area contributed by atoms with Gasteiger partial charge in [-0.1, -0.05) is 84.9 Å². The first kappa shape index (κ1) is 24.6. The summed E-state index contributed by atoms with van der Waals surface area (Å²) >= 11 is 0. The number of alkyl carbamates (subject to hydrolysis) is 1. The summed E-state index contributed by atoms with van der Waals surface area (Å²) in [6.07, 6.45) is -0.622. The first-order valence-electron chi connectivity index (χ1n) is 11.4. The van der Waals surface area contributed by atoms with Gasteiger partial charge in [-0.15, -0.1) is 0 Å². The van der Waals surface area contributed by atoms with E-state index in [1.807, 2.05) is 60.7 Å². The SMILES string of the molecule is O=C(NCc1cccc(-c2ccccc2)c1C(=O)NCc1ccc(F)cc1F)OCc1ccccc1. The molecule has 0 unspecified atom stereocenters. The number of rotatable bonds is 8. The van der Waals surface area contributed by atoms with Crippen molar-refractivity contribution >= 4 is 12.0 Å². The molecule has 0 fully saturated rings. The van der Waals surface area contributed by atoms with Crippen molar-refractivity contribution in [1.82, 2.24) is 10.6 Å². The largest absolute Gasteiger partial charge is 0.445 e. The molecule has 4 aromatic rings. The maximum atomic E-state index is 14.1. The fourth-order valence-electron chi connectivity index (χ4n) is 3.74. The summed E-state index contributed by atoms with van der Waals surface area (Å²) in [7, 11) is 0. The Morgan fingerprint density at radius 3 is 2.14 bits per heavy atom. The lowest BCUT2D eigenvalue weighted by atomic mass is 9.94. The van der Waals surface area contributed by atoms with Crippen LogP contribution in [0.25, 0.3) is 11.1 Å². The van der Waals surface area contributed by atoms with Gasteiger partial charge in [-0.25, -0.2) is 13.6 Å². The van der Waals surface area contributed by atoms with Gasteiger partial charge in [-0.3, -0.25) is 4.79 Å². The van der Waals surface area contributed by atoms with Crippen LogP contribution in [0, 0.1) is 11.6 Å². The predicted octanol–water partition coefficient (Wildman–Crippen LogP) is 5.99. The summed E-state index contributed by atoms with van der Waals surface area (Å²) in [6.45, 7) is 0.0370. The third-order valence-electron chi connectivity index (χ3n) is 5.55. The minimum absolute atomic E-state index is 0.0436.